The van der Waals surface area contributed by atoms with Gasteiger partial charge in [0.25, 0.3) is 0 Å². The van der Waals surface area contributed by atoms with Crippen molar-refractivity contribution in [2.75, 3.05) is 6.54 Å². The lowest BCUT2D eigenvalue weighted by molar-refractivity contribution is -0.140. The maximum Gasteiger partial charge on any atom is 0.225 e. The summed E-state index contributed by atoms with van der Waals surface area (Å²) >= 11 is 6.42. The van der Waals surface area contributed by atoms with Crippen molar-refractivity contribution in [3.63, 3.8) is 0 Å². The van der Waals surface area contributed by atoms with Gasteiger partial charge in [0.2, 0.25) is 5.91 Å². The number of halogens is 1. The fourth-order valence-electron chi connectivity index (χ4n) is 5.07. The molecule has 0 aromatic heterocycles. The van der Waals surface area contributed by atoms with E-state index < -0.39 is 0 Å². The van der Waals surface area contributed by atoms with E-state index in [4.69, 9.17) is 11.6 Å². The molecule has 3 nitrogen and oxygen atoms in total. The zero-order chi connectivity index (χ0) is 16.2. The Morgan fingerprint density at radius 3 is 2.83 bits per heavy atom. The van der Waals surface area contributed by atoms with E-state index in [1.165, 1.54) is 18.4 Å². The van der Waals surface area contributed by atoms with Gasteiger partial charge in [-0.05, 0) is 54.7 Å². The first-order valence-corrected chi connectivity index (χ1v) is 9.19. The number of carbonyl (C=O) groups excluding carboxylic acids is 1. The van der Waals surface area contributed by atoms with Crippen molar-refractivity contribution in [3.05, 3.63) is 28.3 Å². The van der Waals surface area contributed by atoms with Crippen molar-refractivity contribution in [2.45, 2.75) is 63.3 Å². The fraction of sp³-hybridized carbons (Fsp3) is 0.632. The van der Waals surface area contributed by atoms with Gasteiger partial charge in [0.05, 0.1) is 5.02 Å². The van der Waals surface area contributed by atoms with Gasteiger partial charge in [0, 0.05) is 18.5 Å². The highest BCUT2D eigenvalue weighted by atomic mass is 35.5. The maximum absolute atomic E-state index is 12.9. The van der Waals surface area contributed by atoms with Crippen molar-refractivity contribution < 1.29 is 9.90 Å². The van der Waals surface area contributed by atoms with Crippen LogP contribution in [-0.4, -0.2) is 28.5 Å². The van der Waals surface area contributed by atoms with Crippen molar-refractivity contribution >= 4 is 17.5 Å². The van der Waals surface area contributed by atoms with Crippen LogP contribution in [0, 0.1) is 5.92 Å². The number of nitrogens with zero attached hydrogens (tertiary/aromatic N) is 1. The van der Waals surface area contributed by atoms with Gasteiger partial charge in [0.1, 0.15) is 5.75 Å². The number of phenols is 1. The van der Waals surface area contributed by atoms with Crippen molar-refractivity contribution in [1.82, 2.24) is 4.90 Å². The molecule has 2 bridgehead atoms. The van der Waals surface area contributed by atoms with Crippen LogP contribution in [0.1, 0.15) is 56.6 Å². The van der Waals surface area contributed by atoms with Crippen LogP contribution in [0.3, 0.4) is 0 Å². The molecule has 124 valence electrons. The smallest absolute Gasteiger partial charge is 0.225 e. The standard InChI is InChI=1S/C19H24ClNO2/c1-19-8-9-21(18(23)12-4-2-3-5-12)14(11-19)10-13-6-7-15(22)17(20)16(13)19/h6-7,12,14,22H,2-5,8-11H2,1H3/t14-,19-/m1/s1. The minimum atomic E-state index is -0.0273. The number of hydrogen-bond acceptors (Lipinski definition) is 2. The third-order valence-electron chi connectivity index (χ3n) is 6.29. The molecule has 2 atom stereocenters. The maximum atomic E-state index is 12.9. The second kappa shape index (κ2) is 5.41. The van der Waals surface area contributed by atoms with Crippen molar-refractivity contribution in [3.8, 4) is 5.75 Å². The molecule has 1 saturated heterocycles. The second-order valence-corrected chi connectivity index (χ2v) is 8.20. The molecule has 1 aliphatic heterocycles. The first-order valence-electron chi connectivity index (χ1n) is 8.81. The van der Waals surface area contributed by atoms with Gasteiger partial charge < -0.3 is 10.0 Å². The minimum Gasteiger partial charge on any atom is -0.506 e. The van der Waals surface area contributed by atoms with Gasteiger partial charge in [-0.3, -0.25) is 4.79 Å². The average molecular weight is 334 g/mol. The highest BCUT2D eigenvalue weighted by Gasteiger charge is 2.46. The summed E-state index contributed by atoms with van der Waals surface area (Å²) in [6.45, 7) is 3.06. The molecule has 3 aliphatic rings. The zero-order valence-electron chi connectivity index (χ0n) is 13.6. The first kappa shape index (κ1) is 15.3. The summed E-state index contributed by atoms with van der Waals surface area (Å²) in [4.78, 5) is 15.1. The van der Waals surface area contributed by atoms with Crippen LogP contribution < -0.4 is 0 Å². The first-order chi connectivity index (χ1) is 11.0. The predicted octanol–water partition coefficient (Wildman–Crippen LogP) is 4.04. The Hall–Kier alpha value is -1.22. The average Bonchev–Trinajstić information content (AvgIpc) is 3.04. The monoisotopic (exact) mass is 333 g/mol. The Labute approximate surface area is 142 Å². The molecule has 1 aromatic rings. The Balaban J connectivity index is 1.66. The van der Waals surface area contributed by atoms with Gasteiger partial charge in [-0.1, -0.05) is 37.4 Å². The molecule has 0 radical (unpaired) electrons. The second-order valence-electron chi connectivity index (χ2n) is 7.82. The number of hydrogen-bond donors (Lipinski definition) is 1. The summed E-state index contributed by atoms with van der Waals surface area (Å²) in [7, 11) is 0. The molecule has 1 amide bonds. The lowest BCUT2D eigenvalue weighted by Crippen LogP contribution is -2.55. The molecule has 23 heavy (non-hydrogen) atoms. The molecule has 1 N–H and O–H groups in total. The number of piperidine rings is 1. The molecule has 4 heteroatoms. The third-order valence-corrected chi connectivity index (χ3v) is 6.67. The molecule has 4 rings (SSSR count). The number of rotatable bonds is 1. The highest BCUT2D eigenvalue weighted by Crippen LogP contribution is 2.49. The number of aromatic hydroxyl groups is 1. The molecular formula is C19H24ClNO2. The van der Waals surface area contributed by atoms with Crippen LogP contribution in [0.4, 0.5) is 0 Å². The van der Waals surface area contributed by atoms with Crippen LogP contribution in [0.15, 0.2) is 12.1 Å². The number of fused-ring (bicyclic) bond motifs is 4. The largest absolute Gasteiger partial charge is 0.506 e. The topological polar surface area (TPSA) is 40.5 Å². The van der Waals surface area contributed by atoms with Crippen LogP contribution in [0.25, 0.3) is 0 Å². The van der Waals surface area contributed by atoms with E-state index in [-0.39, 0.29) is 23.1 Å². The molecule has 2 aliphatic carbocycles. The molecule has 2 fully saturated rings. The van der Waals surface area contributed by atoms with Gasteiger partial charge in [0.15, 0.2) is 0 Å². The fourth-order valence-corrected chi connectivity index (χ4v) is 5.48. The lowest BCUT2D eigenvalue weighted by atomic mass is 9.65. The van der Waals surface area contributed by atoms with E-state index in [1.807, 2.05) is 6.07 Å². The molecule has 1 saturated carbocycles. The van der Waals surface area contributed by atoms with Crippen LogP contribution in [0.5, 0.6) is 5.75 Å². The van der Waals surface area contributed by atoms with E-state index in [0.717, 1.165) is 44.2 Å². The summed E-state index contributed by atoms with van der Waals surface area (Å²) < 4.78 is 0. The summed E-state index contributed by atoms with van der Waals surface area (Å²) in [5, 5.41) is 10.5. The van der Waals surface area contributed by atoms with Crippen LogP contribution >= 0.6 is 11.6 Å². The van der Waals surface area contributed by atoms with Gasteiger partial charge in [-0.25, -0.2) is 0 Å². The van der Waals surface area contributed by atoms with Crippen LogP contribution in [-0.2, 0) is 16.6 Å². The summed E-state index contributed by atoms with van der Waals surface area (Å²) in [6, 6.07) is 3.97. The number of amides is 1. The molecule has 1 heterocycles. The van der Waals surface area contributed by atoms with Gasteiger partial charge >= 0.3 is 0 Å². The Kier molecular flexibility index (Phi) is 3.60. The molecular weight excluding hydrogens is 310 g/mol. The van der Waals surface area contributed by atoms with Crippen LogP contribution in [0.2, 0.25) is 5.02 Å². The van der Waals surface area contributed by atoms with E-state index >= 15 is 0 Å². The van der Waals surface area contributed by atoms with Crippen molar-refractivity contribution in [1.29, 1.82) is 0 Å². The molecule has 1 aromatic carbocycles. The Bertz CT molecular complexity index is 653. The normalized spacial score (nSPS) is 30.3. The Morgan fingerprint density at radius 1 is 1.35 bits per heavy atom. The molecule has 0 spiro atoms. The lowest BCUT2D eigenvalue weighted by Gasteiger charge is -2.50. The van der Waals surface area contributed by atoms with E-state index in [9.17, 15) is 9.90 Å². The van der Waals surface area contributed by atoms with E-state index in [2.05, 4.69) is 11.8 Å². The van der Waals surface area contributed by atoms with E-state index in [1.54, 1.807) is 6.07 Å². The molecule has 0 unspecified atom stereocenters. The van der Waals surface area contributed by atoms with Gasteiger partial charge in [-0.15, -0.1) is 0 Å². The number of carbonyl (C=O) groups is 1. The summed E-state index contributed by atoms with van der Waals surface area (Å²) in [5.41, 5.74) is 2.29. The number of likely N-dealkylation sites (tertiary alicyclic amines) is 1. The highest BCUT2D eigenvalue weighted by molar-refractivity contribution is 6.33. The summed E-state index contributed by atoms with van der Waals surface area (Å²) in [6.07, 6.45) is 7.28. The SMILES string of the molecule is C[C@]12CCN(C(=O)C3CCCC3)[C@H](Cc3ccc(O)c(Cl)c31)C2. The van der Waals surface area contributed by atoms with Crippen molar-refractivity contribution in [2.24, 2.45) is 5.92 Å². The zero-order valence-corrected chi connectivity index (χ0v) is 14.4. The minimum absolute atomic E-state index is 0.0273. The van der Waals surface area contributed by atoms with Gasteiger partial charge in [-0.2, -0.15) is 0 Å². The van der Waals surface area contributed by atoms with E-state index in [0.29, 0.717) is 10.9 Å². The number of benzene rings is 1. The number of phenolic OH excluding ortho intramolecular Hbond substituents is 1. The Morgan fingerprint density at radius 2 is 2.09 bits per heavy atom. The quantitative estimate of drug-likeness (QED) is 0.842. The third kappa shape index (κ3) is 2.36. The predicted molar refractivity (Wildman–Crippen MR) is 90.9 cm³/mol. The summed E-state index contributed by atoms with van der Waals surface area (Å²) in [5.74, 6) is 0.807.